The summed E-state index contributed by atoms with van der Waals surface area (Å²) in [6, 6.07) is 0. The van der Waals surface area contributed by atoms with Crippen LogP contribution in [0.15, 0.2) is 5.16 Å². The average Bonchev–Trinajstić information content (AvgIpc) is 2.75. The predicted molar refractivity (Wildman–Crippen MR) is 58.9 cm³/mol. The van der Waals surface area contributed by atoms with Gasteiger partial charge in [-0.05, 0) is 19.8 Å². The molecule has 0 aromatic heterocycles. The SMILES string of the molecule is CCOC(=O)[C@@]1(N)C[C@@H]2ON=C(CC)[C@@H]2C1. The van der Waals surface area contributed by atoms with Crippen molar-refractivity contribution in [1.29, 1.82) is 0 Å². The van der Waals surface area contributed by atoms with Crippen LogP contribution in [0.5, 0.6) is 0 Å². The second kappa shape index (κ2) is 4.05. The van der Waals surface area contributed by atoms with Crippen molar-refractivity contribution < 1.29 is 14.4 Å². The number of oxime groups is 1. The second-order valence-corrected chi connectivity index (χ2v) is 4.47. The molecule has 0 unspecified atom stereocenters. The molecule has 90 valence electrons. The minimum absolute atomic E-state index is 0.0376. The maximum absolute atomic E-state index is 11.8. The monoisotopic (exact) mass is 226 g/mol. The van der Waals surface area contributed by atoms with Crippen molar-refractivity contribution in [2.45, 2.75) is 44.8 Å². The number of carbonyl (C=O) groups excluding carboxylic acids is 1. The lowest BCUT2D eigenvalue weighted by Crippen LogP contribution is -2.47. The molecule has 0 aromatic rings. The van der Waals surface area contributed by atoms with Crippen molar-refractivity contribution in [2.75, 3.05) is 6.61 Å². The molecule has 2 aliphatic rings. The van der Waals surface area contributed by atoms with Crippen LogP contribution < -0.4 is 5.73 Å². The van der Waals surface area contributed by atoms with Gasteiger partial charge in [-0.25, -0.2) is 0 Å². The summed E-state index contributed by atoms with van der Waals surface area (Å²) in [4.78, 5) is 17.1. The summed E-state index contributed by atoms with van der Waals surface area (Å²) in [6.45, 7) is 4.18. The van der Waals surface area contributed by atoms with Crippen molar-refractivity contribution in [3.05, 3.63) is 0 Å². The van der Waals surface area contributed by atoms with E-state index in [1.807, 2.05) is 6.92 Å². The summed E-state index contributed by atoms with van der Waals surface area (Å²) >= 11 is 0. The quantitative estimate of drug-likeness (QED) is 0.723. The van der Waals surface area contributed by atoms with Gasteiger partial charge >= 0.3 is 5.97 Å². The number of hydrogen-bond acceptors (Lipinski definition) is 5. The third-order valence-corrected chi connectivity index (χ3v) is 3.38. The zero-order chi connectivity index (χ0) is 11.8. The molecule has 0 spiro atoms. The minimum atomic E-state index is -0.887. The zero-order valence-electron chi connectivity index (χ0n) is 9.73. The van der Waals surface area contributed by atoms with Crippen molar-refractivity contribution in [1.82, 2.24) is 0 Å². The van der Waals surface area contributed by atoms with E-state index in [-0.39, 0.29) is 18.0 Å². The van der Waals surface area contributed by atoms with Crippen LogP contribution in [-0.4, -0.2) is 29.9 Å². The normalized spacial score (nSPS) is 36.6. The van der Waals surface area contributed by atoms with Gasteiger partial charge in [0.25, 0.3) is 0 Å². The van der Waals surface area contributed by atoms with Crippen molar-refractivity contribution in [3.8, 4) is 0 Å². The number of rotatable bonds is 3. The van der Waals surface area contributed by atoms with Gasteiger partial charge in [-0.1, -0.05) is 12.1 Å². The molecule has 1 aliphatic carbocycles. The van der Waals surface area contributed by atoms with Gasteiger partial charge in [0.05, 0.1) is 12.3 Å². The molecule has 16 heavy (non-hydrogen) atoms. The number of carbonyl (C=O) groups is 1. The maximum atomic E-state index is 11.8. The lowest BCUT2D eigenvalue weighted by molar-refractivity contribution is -0.149. The van der Waals surface area contributed by atoms with Gasteiger partial charge < -0.3 is 15.3 Å². The third-order valence-electron chi connectivity index (χ3n) is 3.38. The van der Waals surface area contributed by atoms with E-state index in [9.17, 15) is 4.79 Å². The van der Waals surface area contributed by atoms with E-state index in [0.29, 0.717) is 19.4 Å². The van der Waals surface area contributed by atoms with E-state index in [1.54, 1.807) is 6.92 Å². The summed E-state index contributed by atoms with van der Waals surface area (Å²) in [5.74, 6) is -0.122. The first-order chi connectivity index (χ1) is 7.60. The first-order valence-corrected chi connectivity index (χ1v) is 5.79. The molecule has 1 fully saturated rings. The highest BCUT2D eigenvalue weighted by molar-refractivity contribution is 5.91. The van der Waals surface area contributed by atoms with Crippen molar-refractivity contribution in [3.63, 3.8) is 0 Å². The van der Waals surface area contributed by atoms with E-state index in [0.717, 1.165) is 12.1 Å². The van der Waals surface area contributed by atoms with Crippen LogP contribution in [0.2, 0.25) is 0 Å². The van der Waals surface area contributed by atoms with Crippen LogP contribution in [0.3, 0.4) is 0 Å². The number of fused-ring (bicyclic) bond motifs is 1. The first-order valence-electron chi connectivity index (χ1n) is 5.79. The Hall–Kier alpha value is -1.10. The lowest BCUT2D eigenvalue weighted by Gasteiger charge is -2.21. The number of nitrogens with zero attached hydrogens (tertiary/aromatic N) is 1. The Morgan fingerprint density at radius 2 is 2.38 bits per heavy atom. The first kappa shape index (κ1) is 11.4. The molecular weight excluding hydrogens is 208 g/mol. The predicted octanol–water partition coefficient (Wildman–Crippen LogP) is 0.822. The average molecular weight is 226 g/mol. The topological polar surface area (TPSA) is 73.9 Å². The standard InChI is InChI=1S/C11H18N2O3/c1-3-8-7-5-11(12,10(14)15-4-2)6-9(7)16-13-8/h7,9H,3-6,12H2,1-2H3/t7-,9-,11-/m0/s1. The molecule has 0 bridgehead atoms. The maximum Gasteiger partial charge on any atom is 0.326 e. The van der Waals surface area contributed by atoms with Crippen LogP contribution in [0.4, 0.5) is 0 Å². The van der Waals surface area contributed by atoms with Crippen LogP contribution in [0.1, 0.15) is 33.1 Å². The molecule has 0 saturated heterocycles. The molecule has 3 atom stereocenters. The van der Waals surface area contributed by atoms with Crippen LogP contribution in [-0.2, 0) is 14.4 Å². The van der Waals surface area contributed by atoms with Crippen LogP contribution in [0.25, 0.3) is 0 Å². The Bertz CT molecular complexity index is 329. The number of nitrogens with two attached hydrogens (primary N) is 1. The lowest BCUT2D eigenvalue weighted by atomic mass is 9.94. The van der Waals surface area contributed by atoms with Crippen molar-refractivity contribution in [2.24, 2.45) is 16.8 Å². The highest BCUT2D eigenvalue weighted by atomic mass is 16.6. The van der Waals surface area contributed by atoms with E-state index >= 15 is 0 Å². The molecule has 5 nitrogen and oxygen atoms in total. The number of esters is 1. The van der Waals surface area contributed by atoms with Crippen LogP contribution >= 0.6 is 0 Å². The molecule has 5 heteroatoms. The zero-order valence-corrected chi connectivity index (χ0v) is 9.73. The molecule has 0 radical (unpaired) electrons. The van der Waals surface area contributed by atoms with E-state index in [4.69, 9.17) is 15.3 Å². The molecule has 1 aliphatic heterocycles. The second-order valence-electron chi connectivity index (χ2n) is 4.47. The molecule has 0 aromatic carbocycles. The summed E-state index contributed by atoms with van der Waals surface area (Å²) in [5, 5.41) is 4.02. The van der Waals surface area contributed by atoms with Gasteiger partial charge in [-0.2, -0.15) is 0 Å². The molecular formula is C11H18N2O3. The fourth-order valence-electron chi connectivity index (χ4n) is 2.52. The van der Waals surface area contributed by atoms with Crippen molar-refractivity contribution >= 4 is 11.7 Å². The number of ether oxygens (including phenoxy) is 1. The van der Waals surface area contributed by atoms with Gasteiger partial charge in [0, 0.05) is 12.3 Å². The highest BCUT2D eigenvalue weighted by Crippen LogP contribution is 2.40. The molecule has 2 N–H and O–H groups in total. The summed E-state index contributed by atoms with van der Waals surface area (Å²) in [7, 11) is 0. The van der Waals surface area contributed by atoms with Gasteiger partial charge in [0.15, 0.2) is 0 Å². The largest absolute Gasteiger partial charge is 0.465 e. The van der Waals surface area contributed by atoms with Gasteiger partial charge in [0.2, 0.25) is 0 Å². The Morgan fingerprint density at radius 3 is 3.00 bits per heavy atom. The molecule has 2 rings (SSSR count). The van der Waals surface area contributed by atoms with Gasteiger partial charge in [-0.3, -0.25) is 4.79 Å². The summed E-state index contributed by atoms with van der Waals surface area (Å²) in [6.07, 6.45) is 1.90. The Morgan fingerprint density at radius 1 is 1.62 bits per heavy atom. The molecule has 0 amide bonds. The van der Waals surface area contributed by atoms with Crippen LogP contribution in [0, 0.1) is 5.92 Å². The number of hydrogen-bond donors (Lipinski definition) is 1. The summed E-state index contributed by atoms with van der Waals surface area (Å²) in [5.41, 5.74) is 6.21. The van der Waals surface area contributed by atoms with E-state index in [2.05, 4.69) is 5.16 Å². The molecule has 1 heterocycles. The fourth-order valence-corrected chi connectivity index (χ4v) is 2.52. The fraction of sp³-hybridized carbons (Fsp3) is 0.818. The Kier molecular flexibility index (Phi) is 2.88. The Balaban J connectivity index is 2.08. The Labute approximate surface area is 95.0 Å². The van der Waals surface area contributed by atoms with E-state index in [1.165, 1.54) is 0 Å². The van der Waals surface area contributed by atoms with E-state index < -0.39 is 5.54 Å². The minimum Gasteiger partial charge on any atom is -0.465 e. The van der Waals surface area contributed by atoms with Gasteiger partial charge in [-0.15, -0.1) is 0 Å². The smallest absolute Gasteiger partial charge is 0.326 e. The van der Waals surface area contributed by atoms with Gasteiger partial charge in [0.1, 0.15) is 11.6 Å². The highest BCUT2D eigenvalue weighted by Gasteiger charge is 2.53. The summed E-state index contributed by atoms with van der Waals surface area (Å²) < 4.78 is 5.00. The molecule has 1 saturated carbocycles. The third kappa shape index (κ3) is 1.69.